The van der Waals surface area contributed by atoms with Crippen LogP contribution in [0, 0.1) is 0 Å². The normalized spacial score (nSPS) is 10.5. The van der Waals surface area contributed by atoms with Gasteiger partial charge in [0.1, 0.15) is 15.9 Å². The van der Waals surface area contributed by atoms with Gasteiger partial charge in [-0.1, -0.05) is 11.6 Å². The van der Waals surface area contributed by atoms with Gasteiger partial charge in [0.15, 0.2) is 6.61 Å². The van der Waals surface area contributed by atoms with Crippen molar-refractivity contribution >= 4 is 27.7 Å². The summed E-state index contributed by atoms with van der Waals surface area (Å²) >= 11 is 5.60. The van der Waals surface area contributed by atoms with E-state index in [1.165, 1.54) is 0 Å². The summed E-state index contributed by atoms with van der Waals surface area (Å²) in [7, 11) is -4.58. The van der Waals surface area contributed by atoms with E-state index in [4.69, 9.17) is 21.4 Å². The maximum atomic E-state index is 10.6. The third-order valence-electron chi connectivity index (χ3n) is 1.54. The molecule has 0 unspecified atom stereocenters. The summed E-state index contributed by atoms with van der Waals surface area (Å²) in [5.74, 6) is -1.20. The monoisotopic (exact) mass is 288 g/mol. The van der Waals surface area contributed by atoms with Gasteiger partial charge in [-0.05, 0) is 18.2 Å². The molecule has 0 atom stereocenters. The van der Waals surface area contributed by atoms with Gasteiger partial charge in [-0.15, -0.1) is 0 Å². The molecule has 1 N–H and O–H groups in total. The first-order chi connectivity index (χ1) is 7.30. The molecule has 0 spiro atoms. The van der Waals surface area contributed by atoms with Crippen molar-refractivity contribution in [1.82, 2.24) is 0 Å². The summed E-state index contributed by atoms with van der Waals surface area (Å²) in [6, 6.07) is 3.02. The van der Waals surface area contributed by atoms with E-state index < -0.39 is 27.6 Å². The fourth-order valence-electron chi connectivity index (χ4n) is 0.894. The Morgan fingerprint density at radius 2 is 2.06 bits per heavy atom. The molecular weight excluding hydrogens is 283 g/mol. The van der Waals surface area contributed by atoms with E-state index in [2.05, 4.69) is 0 Å². The molecular formula is C8H6ClNaO6S. The average Bonchev–Trinajstić information content (AvgIpc) is 2.14. The molecule has 17 heavy (non-hydrogen) atoms. The Morgan fingerprint density at radius 3 is 2.47 bits per heavy atom. The predicted molar refractivity (Wildman–Crippen MR) is 52.5 cm³/mol. The van der Waals surface area contributed by atoms with Gasteiger partial charge in [-0.25, -0.2) is 13.2 Å². The van der Waals surface area contributed by atoms with E-state index in [1.807, 2.05) is 0 Å². The summed E-state index contributed by atoms with van der Waals surface area (Å²) in [4.78, 5) is 9.70. The molecule has 0 aliphatic heterocycles. The fraction of sp³-hybridized carbons (Fsp3) is 0.125. The first-order valence-corrected chi connectivity index (χ1v) is 5.69. The molecule has 1 rings (SSSR count). The van der Waals surface area contributed by atoms with Crippen LogP contribution in [-0.4, -0.2) is 30.7 Å². The summed E-state index contributed by atoms with van der Waals surface area (Å²) < 4.78 is 36.6. The van der Waals surface area contributed by atoms with Crippen LogP contribution < -0.4 is 34.3 Å². The van der Waals surface area contributed by atoms with E-state index in [1.54, 1.807) is 0 Å². The minimum atomic E-state index is -4.58. The molecule has 0 fully saturated rings. The number of hydrogen-bond donors (Lipinski definition) is 1. The molecule has 0 aliphatic carbocycles. The van der Waals surface area contributed by atoms with Gasteiger partial charge < -0.3 is 14.4 Å². The Bertz CT molecular complexity index is 515. The van der Waals surface area contributed by atoms with E-state index >= 15 is 0 Å². The Labute approximate surface area is 125 Å². The molecule has 1 aromatic carbocycles. The summed E-state index contributed by atoms with van der Waals surface area (Å²) in [6.45, 7) is -0.608. The molecule has 0 heterocycles. The minimum absolute atomic E-state index is 0. The number of halogens is 1. The van der Waals surface area contributed by atoms with Crippen molar-refractivity contribution in [3.63, 3.8) is 0 Å². The maximum absolute atomic E-state index is 10.6. The standard InChI is InChI=1S/C8H7ClO6S.Na/c9-6-3-5(16(12,13)14)1-2-7(6)15-4-8(10)11;/h1-3H,4H2,(H,10,11)(H,12,13,14);/q;+1/p-1. The van der Waals surface area contributed by atoms with Crippen molar-refractivity contribution in [3.05, 3.63) is 23.2 Å². The molecule has 0 saturated heterocycles. The van der Waals surface area contributed by atoms with E-state index in [-0.39, 0.29) is 40.3 Å². The second kappa shape index (κ2) is 6.58. The Balaban J connectivity index is 0.00000256. The smallest absolute Gasteiger partial charge is 0.744 e. The molecule has 0 aliphatic rings. The van der Waals surface area contributed by atoms with Crippen LogP contribution in [-0.2, 0) is 14.9 Å². The Kier molecular flexibility index (Phi) is 6.46. The van der Waals surface area contributed by atoms with Crippen LogP contribution in [0.25, 0.3) is 0 Å². The fourth-order valence-corrected chi connectivity index (χ4v) is 1.69. The molecule has 1 aromatic rings. The predicted octanol–water partition coefficient (Wildman–Crippen LogP) is -2.29. The topological polar surface area (TPSA) is 104 Å². The van der Waals surface area contributed by atoms with Crippen LogP contribution >= 0.6 is 11.6 Å². The Hall–Kier alpha value is -0.310. The number of carboxylic acid groups (broad SMARTS) is 1. The molecule has 9 heteroatoms. The van der Waals surface area contributed by atoms with Gasteiger partial charge in [-0.3, -0.25) is 0 Å². The van der Waals surface area contributed by atoms with Crippen LogP contribution in [0.2, 0.25) is 5.02 Å². The molecule has 0 amide bonds. The van der Waals surface area contributed by atoms with E-state index in [9.17, 15) is 17.8 Å². The molecule has 6 nitrogen and oxygen atoms in total. The number of ether oxygens (including phenoxy) is 1. The van der Waals surface area contributed by atoms with Crippen LogP contribution in [0.4, 0.5) is 0 Å². The van der Waals surface area contributed by atoms with Gasteiger partial charge >= 0.3 is 35.5 Å². The summed E-state index contributed by atoms with van der Waals surface area (Å²) in [5.41, 5.74) is 0. The number of hydrogen-bond acceptors (Lipinski definition) is 5. The van der Waals surface area contributed by atoms with Gasteiger partial charge in [0.05, 0.1) is 9.92 Å². The average molecular weight is 289 g/mol. The molecule has 0 saturated carbocycles. The van der Waals surface area contributed by atoms with Crippen LogP contribution in [0.1, 0.15) is 0 Å². The third kappa shape index (κ3) is 5.24. The molecule has 0 radical (unpaired) electrons. The zero-order valence-corrected chi connectivity index (χ0v) is 12.3. The van der Waals surface area contributed by atoms with Crippen molar-refractivity contribution in [2.24, 2.45) is 0 Å². The molecule has 88 valence electrons. The number of benzene rings is 1. The van der Waals surface area contributed by atoms with E-state index in [0.717, 1.165) is 18.2 Å². The largest absolute Gasteiger partial charge is 1.00 e. The number of aliphatic carboxylic acids is 1. The number of rotatable bonds is 4. The van der Waals surface area contributed by atoms with Crippen molar-refractivity contribution < 1.29 is 57.2 Å². The van der Waals surface area contributed by atoms with Gasteiger partial charge in [-0.2, -0.15) is 0 Å². The quantitative estimate of drug-likeness (QED) is 0.494. The van der Waals surface area contributed by atoms with Gasteiger partial charge in [0.2, 0.25) is 0 Å². The zero-order valence-electron chi connectivity index (χ0n) is 8.71. The van der Waals surface area contributed by atoms with Crippen molar-refractivity contribution in [3.8, 4) is 5.75 Å². The Morgan fingerprint density at radius 1 is 1.47 bits per heavy atom. The first-order valence-electron chi connectivity index (χ1n) is 3.91. The maximum Gasteiger partial charge on any atom is 1.00 e. The minimum Gasteiger partial charge on any atom is -0.744 e. The van der Waals surface area contributed by atoms with Crippen molar-refractivity contribution in [2.45, 2.75) is 4.90 Å². The van der Waals surface area contributed by atoms with Crippen molar-refractivity contribution in [2.75, 3.05) is 6.61 Å². The second-order valence-corrected chi connectivity index (χ2v) is 4.52. The summed E-state index contributed by atoms with van der Waals surface area (Å²) in [6.07, 6.45) is 0. The number of carbonyl (C=O) groups is 1. The number of carboxylic acids is 1. The van der Waals surface area contributed by atoms with Crippen molar-refractivity contribution in [1.29, 1.82) is 0 Å². The van der Waals surface area contributed by atoms with Gasteiger partial charge in [0.25, 0.3) is 0 Å². The SMILES string of the molecule is O=C(O)COc1ccc(S(=O)(=O)[O-])cc1Cl.[Na+]. The van der Waals surface area contributed by atoms with Crippen LogP contribution in [0.3, 0.4) is 0 Å². The second-order valence-electron chi connectivity index (χ2n) is 2.73. The third-order valence-corrected chi connectivity index (χ3v) is 2.67. The zero-order chi connectivity index (χ0) is 12.3. The van der Waals surface area contributed by atoms with Crippen LogP contribution in [0.5, 0.6) is 5.75 Å². The van der Waals surface area contributed by atoms with Crippen LogP contribution in [0.15, 0.2) is 23.1 Å². The van der Waals surface area contributed by atoms with E-state index in [0.29, 0.717) is 0 Å². The summed E-state index contributed by atoms with van der Waals surface area (Å²) in [5, 5.41) is 8.19. The molecule has 0 aromatic heterocycles. The molecule has 0 bridgehead atoms. The van der Waals surface area contributed by atoms with Gasteiger partial charge in [0, 0.05) is 0 Å². The first kappa shape index (κ1) is 16.7.